The summed E-state index contributed by atoms with van der Waals surface area (Å²) in [4.78, 5) is 39.8. The van der Waals surface area contributed by atoms with E-state index in [9.17, 15) is 25.0 Å². The van der Waals surface area contributed by atoms with Crippen LogP contribution in [0.5, 0.6) is 0 Å². The van der Waals surface area contributed by atoms with Crippen molar-refractivity contribution in [3.05, 3.63) is 178 Å². The maximum atomic E-state index is 11.6. The Morgan fingerprint density at radius 2 is 1.24 bits per heavy atom. The summed E-state index contributed by atoms with van der Waals surface area (Å²) in [5.41, 5.74) is 12.2. The number of nitro groups is 2. The number of carbonyl (C=O) groups excluding carboxylic acids is 1. The first-order valence-electron chi connectivity index (χ1n) is 15.1. The molecule has 4 aromatic carbocycles. The fourth-order valence-corrected chi connectivity index (χ4v) is 5.24. The fourth-order valence-electron chi connectivity index (χ4n) is 4.91. The third-order valence-corrected chi connectivity index (χ3v) is 7.86. The molecule has 0 atom stereocenters. The van der Waals surface area contributed by atoms with Crippen LogP contribution in [0.1, 0.15) is 10.4 Å². The van der Waals surface area contributed by atoms with Crippen molar-refractivity contribution >= 4 is 44.6 Å². The zero-order chi connectivity index (χ0) is 35.5. The summed E-state index contributed by atoms with van der Waals surface area (Å²) < 4.78 is 1.68. The van der Waals surface area contributed by atoms with E-state index in [2.05, 4.69) is 25.9 Å². The Bertz CT molecular complexity index is 2260. The van der Waals surface area contributed by atoms with Crippen LogP contribution in [-0.2, 0) is 0 Å². The molecule has 12 heteroatoms. The number of aromatic nitrogens is 3. The number of hydrogen-bond acceptors (Lipinski definition) is 8. The van der Waals surface area contributed by atoms with Crippen molar-refractivity contribution in [2.75, 3.05) is 11.1 Å². The number of Topliss-reactive ketones (excluding diaryl/α,β-unsaturated/α-hetero) is 1. The number of pyridine rings is 2. The number of anilines is 1. The molecule has 0 fully saturated rings. The molecule has 0 aliphatic heterocycles. The molecule has 248 valence electrons. The number of nitrogens with zero attached hydrogens (tertiary/aromatic N) is 5. The number of ketones is 1. The van der Waals surface area contributed by atoms with Gasteiger partial charge in [-0.1, -0.05) is 113 Å². The minimum absolute atomic E-state index is 0.00274. The van der Waals surface area contributed by atoms with Crippen LogP contribution in [0.3, 0.4) is 0 Å². The number of nitrogen functional groups attached to an aromatic ring is 1. The highest BCUT2D eigenvalue weighted by Gasteiger charge is 2.16. The van der Waals surface area contributed by atoms with Crippen molar-refractivity contribution in [3.8, 4) is 33.5 Å². The van der Waals surface area contributed by atoms with Crippen molar-refractivity contribution in [2.24, 2.45) is 0 Å². The molecule has 2 N–H and O–H groups in total. The number of fused-ring (bicyclic) bond motifs is 1. The second kappa shape index (κ2) is 16.5. The van der Waals surface area contributed by atoms with Gasteiger partial charge in [0.25, 0.3) is 0 Å². The second-order valence-corrected chi connectivity index (χ2v) is 11.2. The molecular formula is C38H29BrN6O5. The molecule has 0 aliphatic rings. The Kier molecular flexibility index (Phi) is 11.5. The maximum absolute atomic E-state index is 11.6. The van der Waals surface area contributed by atoms with Crippen molar-refractivity contribution in [1.29, 1.82) is 0 Å². The highest BCUT2D eigenvalue weighted by atomic mass is 79.9. The van der Waals surface area contributed by atoms with Crippen LogP contribution in [0.15, 0.2) is 152 Å². The normalized spacial score (nSPS) is 10.3. The number of alkyl halides is 1. The summed E-state index contributed by atoms with van der Waals surface area (Å²) in [5, 5.41) is 21.6. The number of halogens is 1. The molecule has 50 heavy (non-hydrogen) atoms. The van der Waals surface area contributed by atoms with Crippen LogP contribution in [0, 0.1) is 20.2 Å². The van der Waals surface area contributed by atoms with Gasteiger partial charge in [0.05, 0.1) is 20.9 Å². The van der Waals surface area contributed by atoms with Crippen LogP contribution >= 0.6 is 15.9 Å². The number of carbonyl (C=O) groups is 1. The molecule has 3 heterocycles. The largest absolute Gasteiger partial charge is 0.378 e. The Morgan fingerprint density at radius 3 is 1.82 bits per heavy atom. The van der Waals surface area contributed by atoms with Crippen LogP contribution in [0.4, 0.5) is 17.2 Å². The summed E-state index contributed by atoms with van der Waals surface area (Å²) >= 11 is 3.18. The minimum atomic E-state index is -0.567. The first kappa shape index (κ1) is 34.8. The van der Waals surface area contributed by atoms with E-state index < -0.39 is 9.85 Å². The van der Waals surface area contributed by atoms with Gasteiger partial charge in [-0.2, -0.15) is 0 Å². The third kappa shape index (κ3) is 8.68. The first-order chi connectivity index (χ1) is 24.2. The second-order valence-electron chi connectivity index (χ2n) is 10.6. The molecule has 0 radical (unpaired) electrons. The molecule has 7 rings (SSSR count). The van der Waals surface area contributed by atoms with Crippen molar-refractivity contribution < 1.29 is 14.6 Å². The van der Waals surface area contributed by atoms with Gasteiger partial charge >= 0.3 is 11.4 Å². The van der Waals surface area contributed by atoms with Gasteiger partial charge in [0.1, 0.15) is 0 Å². The molecule has 0 spiro atoms. The molecule has 3 aromatic heterocycles. The van der Waals surface area contributed by atoms with Crippen molar-refractivity contribution in [3.63, 3.8) is 0 Å². The van der Waals surface area contributed by atoms with Gasteiger partial charge in [-0.05, 0) is 46.5 Å². The molecule has 0 saturated heterocycles. The SMILES string of the molecule is Nc1ncccc1[N+](=O)[O-].O=C(CBr)c1cccc(-c2ccccc2)c1.O=[N+]([O-])c1cccn2cc(-c3cccc(-c4ccccc4)c3)nc12. The Hall–Kier alpha value is -6.53. The van der Waals surface area contributed by atoms with Crippen molar-refractivity contribution in [1.82, 2.24) is 14.4 Å². The van der Waals surface area contributed by atoms with Gasteiger partial charge in [0.2, 0.25) is 11.5 Å². The lowest BCUT2D eigenvalue weighted by atomic mass is 10.0. The van der Waals surface area contributed by atoms with Gasteiger partial charge in [0.15, 0.2) is 5.78 Å². The lowest BCUT2D eigenvalue weighted by molar-refractivity contribution is -0.384. The molecule has 0 unspecified atom stereocenters. The van der Waals surface area contributed by atoms with E-state index in [-0.39, 0.29) is 23.0 Å². The number of rotatable bonds is 7. The van der Waals surface area contributed by atoms with Gasteiger partial charge in [-0.15, -0.1) is 0 Å². The fraction of sp³-hybridized carbons (Fsp3) is 0.0263. The first-order valence-corrected chi connectivity index (χ1v) is 16.2. The number of hydrogen-bond donors (Lipinski definition) is 1. The van der Waals surface area contributed by atoms with Gasteiger partial charge < -0.3 is 10.1 Å². The van der Waals surface area contributed by atoms with Crippen LogP contribution in [0.2, 0.25) is 0 Å². The zero-order valence-electron chi connectivity index (χ0n) is 26.4. The summed E-state index contributed by atoms with van der Waals surface area (Å²) in [6, 6.07) is 41.7. The van der Waals surface area contributed by atoms with Crippen LogP contribution in [0.25, 0.3) is 39.2 Å². The quantitative estimate of drug-likeness (QED) is 0.0736. The molecule has 0 bridgehead atoms. The van der Waals surface area contributed by atoms with E-state index in [1.54, 1.807) is 16.7 Å². The van der Waals surface area contributed by atoms with Gasteiger partial charge in [0, 0.05) is 41.9 Å². The van der Waals surface area contributed by atoms with Crippen molar-refractivity contribution in [2.45, 2.75) is 0 Å². The Balaban J connectivity index is 0.000000161. The van der Waals surface area contributed by atoms with Gasteiger partial charge in [-0.25, -0.2) is 9.97 Å². The highest BCUT2D eigenvalue weighted by Crippen LogP contribution is 2.28. The summed E-state index contributed by atoms with van der Waals surface area (Å²) in [7, 11) is 0. The standard InChI is InChI=1S/C19H13N3O2.C14H11BrO.C5H5N3O2/c23-22(24)18-10-5-11-21-13-17(20-19(18)21)16-9-4-8-15(12-16)14-6-2-1-3-7-14;15-10-14(16)13-8-4-7-12(9-13)11-5-2-1-3-6-11;6-5-4(8(9)10)2-1-3-7-5/h1-13H;1-9H,10H2;1-3H,(H2,6,7). The Labute approximate surface area is 295 Å². The predicted octanol–water partition coefficient (Wildman–Crippen LogP) is 9.08. The molecule has 11 nitrogen and oxygen atoms in total. The minimum Gasteiger partial charge on any atom is -0.378 e. The molecule has 0 saturated carbocycles. The number of benzene rings is 4. The predicted molar refractivity (Wildman–Crippen MR) is 198 cm³/mol. The maximum Gasteiger partial charge on any atom is 0.312 e. The lowest BCUT2D eigenvalue weighted by Gasteiger charge is -2.03. The number of imidazole rings is 1. The summed E-state index contributed by atoms with van der Waals surface area (Å²) in [6.45, 7) is 0. The van der Waals surface area contributed by atoms with Gasteiger partial charge in [-0.3, -0.25) is 25.0 Å². The summed E-state index contributed by atoms with van der Waals surface area (Å²) in [6.07, 6.45) is 4.98. The molecule has 7 aromatic rings. The van der Waals surface area contributed by atoms with Crippen LogP contribution in [-0.4, -0.2) is 35.3 Å². The summed E-state index contributed by atoms with van der Waals surface area (Å²) in [5.74, 6) is 0.0604. The topological polar surface area (TPSA) is 160 Å². The molecular weight excluding hydrogens is 700 g/mol. The average molecular weight is 730 g/mol. The van der Waals surface area contributed by atoms with E-state index in [0.29, 0.717) is 16.7 Å². The van der Waals surface area contributed by atoms with E-state index >= 15 is 0 Å². The van der Waals surface area contributed by atoms with E-state index in [1.165, 1.54) is 24.4 Å². The van der Waals surface area contributed by atoms with E-state index in [0.717, 1.165) is 33.4 Å². The monoisotopic (exact) mass is 728 g/mol. The van der Waals surface area contributed by atoms with E-state index in [1.807, 2.05) is 115 Å². The van der Waals surface area contributed by atoms with Crippen LogP contribution < -0.4 is 5.73 Å². The molecule has 0 amide bonds. The highest BCUT2D eigenvalue weighted by molar-refractivity contribution is 9.09. The average Bonchev–Trinajstić information content (AvgIpc) is 3.61. The molecule has 0 aliphatic carbocycles. The smallest absolute Gasteiger partial charge is 0.312 e. The van der Waals surface area contributed by atoms with E-state index in [4.69, 9.17) is 5.73 Å². The number of nitrogens with two attached hydrogens (primary N) is 1. The lowest BCUT2D eigenvalue weighted by Crippen LogP contribution is -1.99. The zero-order valence-corrected chi connectivity index (χ0v) is 28.0. The third-order valence-electron chi connectivity index (χ3n) is 7.35. The Morgan fingerprint density at radius 1 is 0.680 bits per heavy atom.